The van der Waals surface area contributed by atoms with Crippen LogP contribution in [-0.4, -0.2) is 45.8 Å². The molecular weight excluding hydrogens is 364 g/mol. The molecule has 9 nitrogen and oxygen atoms in total. The number of piperidine rings is 1. The molecule has 146 valence electrons. The summed E-state index contributed by atoms with van der Waals surface area (Å²) in [7, 11) is 0. The van der Waals surface area contributed by atoms with Gasteiger partial charge in [0.2, 0.25) is 5.91 Å². The number of nitro groups is 1. The van der Waals surface area contributed by atoms with E-state index in [1.807, 2.05) is 0 Å². The van der Waals surface area contributed by atoms with Gasteiger partial charge in [-0.15, -0.1) is 0 Å². The molecule has 1 atom stereocenters. The van der Waals surface area contributed by atoms with Crippen molar-refractivity contribution >= 4 is 17.5 Å². The number of amides is 2. The Bertz CT molecular complexity index is 884. The minimum atomic E-state index is -0.631. The van der Waals surface area contributed by atoms with Crippen molar-refractivity contribution in [3.05, 3.63) is 64.0 Å². The fourth-order valence-corrected chi connectivity index (χ4v) is 3.09. The van der Waals surface area contributed by atoms with E-state index in [9.17, 15) is 19.7 Å². The molecule has 0 spiro atoms. The van der Waals surface area contributed by atoms with E-state index in [1.54, 1.807) is 23.1 Å². The number of carbonyl (C=O) groups excluding carboxylic acids is 2. The molecule has 0 saturated carbocycles. The van der Waals surface area contributed by atoms with Crippen molar-refractivity contribution in [2.45, 2.75) is 25.4 Å². The molecule has 1 unspecified atom stereocenters. The molecule has 1 aromatic heterocycles. The Labute approximate surface area is 161 Å². The summed E-state index contributed by atoms with van der Waals surface area (Å²) in [5, 5.41) is 10.7. The average Bonchev–Trinajstić information content (AvgIpc) is 2.69. The predicted octanol–water partition coefficient (Wildman–Crippen LogP) is 1.70. The molecule has 2 heterocycles. The molecule has 2 amide bonds. The number of likely N-dealkylation sites (tertiary alicyclic amines) is 1. The minimum Gasteiger partial charge on any atom is -0.488 e. The smallest absolute Gasteiger partial charge is 0.269 e. The summed E-state index contributed by atoms with van der Waals surface area (Å²) in [4.78, 5) is 39.7. The second-order valence-electron chi connectivity index (χ2n) is 6.56. The molecule has 1 fully saturated rings. The van der Waals surface area contributed by atoms with Gasteiger partial charge in [-0.1, -0.05) is 12.1 Å². The SMILES string of the molecule is NC(=O)c1cc(OC2CCCN(C(=O)Cc3ccc([N+](=O)[O-])cc3)C2)ccn1. The van der Waals surface area contributed by atoms with E-state index in [-0.39, 0.29) is 29.8 Å². The Balaban J connectivity index is 1.59. The molecular formula is C19H20N4O5. The maximum absolute atomic E-state index is 12.6. The number of non-ortho nitro benzene ring substituents is 1. The Morgan fingerprint density at radius 2 is 2.04 bits per heavy atom. The summed E-state index contributed by atoms with van der Waals surface area (Å²) < 4.78 is 5.90. The number of aromatic nitrogens is 1. The zero-order valence-electron chi connectivity index (χ0n) is 15.1. The van der Waals surface area contributed by atoms with Crippen LogP contribution in [0.25, 0.3) is 0 Å². The number of primary amides is 1. The van der Waals surface area contributed by atoms with Crippen LogP contribution in [0.4, 0.5) is 5.69 Å². The van der Waals surface area contributed by atoms with E-state index < -0.39 is 10.8 Å². The number of nitro benzene ring substituents is 1. The van der Waals surface area contributed by atoms with Crippen LogP contribution in [0.5, 0.6) is 5.75 Å². The maximum Gasteiger partial charge on any atom is 0.269 e. The number of hydrogen-bond donors (Lipinski definition) is 1. The van der Waals surface area contributed by atoms with E-state index in [4.69, 9.17) is 10.5 Å². The lowest BCUT2D eigenvalue weighted by atomic mass is 10.1. The van der Waals surface area contributed by atoms with Crippen molar-refractivity contribution < 1.29 is 19.2 Å². The van der Waals surface area contributed by atoms with Gasteiger partial charge in [0.1, 0.15) is 17.5 Å². The molecule has 9 heteroatoms. The molecule has 1 aromatic carbocycles. The van der Waals surface area contributed by atoms with Crippen LogP contribution in [0.15, 0.2) is 42.6 Å². The first-order valence-electron chi connectivity index (χ1n) is 8.86. The van der Waals surface area contributed by atoms with Gasteiger partial charge in [0.15, 0.2) is 0 Å². The van der Waals surface area contributed by atoms with Crippen molar-refractivity contribution in [2.75, 3.05) is 13.1 Å². The second-order valence-corrected chi connectivity index (χ2v) is 6.56. The zero-order chi connectivity index (χ0) is 20.1. The number of rotatable bonds is 6. The molecule has 1 aliphatic heterocycles. The van der Waals surface area contributed by atoms with Crippen LogP contribution in [0.1, 0.15) is 28.9 Å². The quantitative estimate of drug-likeness (QED) is 0.596. The summed E-state index contributed by atoms with van der Waals surface area (Å²) >= 11 is 0. The highest BCUT2D eigenvalue weighted by atomic mass is 16.6. The van der Waals surface area contributed by atoms with Crippen LogP contribution < -0.4 is 10.5 Å². The summed E-state index contributed by atoms with van der Waals surface area (Å²) in [5.74, 6) is -0.206. The summed E-state index contributed by atoms with van der Waals surface area (Å²) in [6, 6.07) is 9.10. The average molecular weight is 384 g/mol. The van der Waals surface area contributed by atoms with Crippen LogP contribution in [0.3, 0.4) is 0 Å². The Morgan fingerprint density at radius 1 is 1.29 bits per heavy atom. The third kappa shape index (κ3) is 4.81. The third-order valence-electron chi connectivity index (χ3n) is 4.52. The van der Waals surface area contributed by atoms with E-state index in [0.29, 0.717) is 18.8 Å². The number of ether oxygens (including phenoxy) is 1. The number of hydrogen-bond acceptors (Lipinski definition) is 6. The van der Waals surface area contributed by atoms with Crippen molar-refractivity contribution in [3.8, 4) is 5.75 Å². The van der Waals surface area contributed by atoms with Gasteiger partial charge in [-0.2, -0.15) is 0 Å². The van der Waals surface area contributed by atoms with Gasteiger partial charge in [-0.05, 0) is 24.5 Å². The van der Waals surface area contributed by atoms with Gasteiger partial charge in [-0.25, -0.2) is 0 Å². The van der Waals surface area contributed by atoms with E-state index in [1.165, 1.54) is 24.4 Å². The molecule has 1 saturated heterocycles. The van der Waals surface area contributed by atoms with Gasteiger partial charge in [0, 0.05) is 30.9 Å². The number of nitrogens with zero attached hydrogens (tertiary/aromatic N) is 3. The Kier molecular flexibility index (Phi) is 5.83. The topological polar surface area (TPSA) is 129 Å². The fourth-order valence-electron chi connectivity index (χ4n) is 3.09. The molecule has 0 bridgehead atoms. The lowest BCUT2D eigenvalue weighted by Crippen LogP contribution is -2.45. The molecule has 28 heavy (non-hydrogen) atoms. The predicted molar refractivity (Wildman–Crippen MR) is 99.8 cm³/mol. The van der Waals surface area contributed by atoms with Crippen LogP contribution in [0, 0.1) is 10.1 Å². The van der Waals surface area contributed by atoms with Crippen molar-refractivity contribution in [3.63, 3.8) is 0 Å². The summed E-state index contributed by atoms with van der Waals surface area (Å²) in [6.07, 6.45) is 3.01. The monoisotopic (exact) mass is 384 g/mol. The van der Waals surface area contributed by atoms with Gasteiger partial charge in [-0.3, -0.25) is 24.7 Å². The molecule has 1 aliphatic rings. The molecule has 2 aromatic rings. The standard InChI is InChI=1S/C19H20N4O5/c20-19(25)17-11-15(7-8-21-17)28-16-2-1-9-22(12-16)18(24)10-13-3-5-14(6-4-13)23(26)27/h3-8,11,16H,1-2,9-10,12H2,(H2,20,25). The first-order chi connectivity index (χ1) is 13.4. The largest absolute Gasteiger partial charge is 0.488 e. The number of carbonyl (C=O) groups is 2. The van der Waals surface area contributed by atoms with E-state index in [2.05, 4.69) is 4.98 Å². The maximum atomic E-state index is 12.6. The van der Waals surface area contributed by atoms with Crippen LogP contribution in [-0.2, 0) is 11.2 Å². The third-order valence-corrected chi connectivity index (χ3v) is 4.52. The highest BCUT2D eigenvalue weighted by molar-refractivity contribution is 5.91. The van der Waals surface area contributed by atoms with E-state index in [0.717, 1.165) is 18.4 Å². The normalized spacial score (nSPS) is 16.4. The van der Waals surface area contributed by atoms with E-state index >= 15 is 0 Å². The second kappa shape index (κ2) is 8.47. The number of nitrogens with two attached hydrogens (primary N) is 1. The number of pyridine rings is 1. The van der Waals surface area contributed by atoms with Crippen molar-refractivity contribution in [1.29, 1.82) is 0 Å². The van der Waals surface area contributed by atoms with Crippen LogP contribution >= 0.6 is 0 Å². The first kappa shape index (κ1) is 19.3. The van der Waals surface area contributed by atoms with Gasteiger partial charge in [0.25, 0.3) is 11.6 Å². The fraction of sp³-hybridized carbons (Fsp3) is 0.316. The van der Waals surface area contributed by atoms with Gasteiger partial charge < -0.3 is 15.4 Å². The Hall–Kier alpha value is -3.49. The molecule has 0 aliphatic carbocycles. The van der Waals surface area contributed by atoms with Gasteiger partial charge in [0.05, 0.1) is 17.9 Å². The van der Waals surface area contributed by atoms with Crippen molar-refractivity contribution in [2.24, 2.45) is 5.73 Å². The summed E-state index contributed by atoms with van der Waals surface area (Å²) in [5.41, 5.74) is 6.07. The molecule has 2 N–H and O–H groups in total. The molecule has 0 radical (unpaired) electrons. The number of benzene rings is 1. The minimum absolute atomic E-state index is 0.00434. The van der Waals surface area contributed by atoms with Crippen molar-refractivity contribution in [1.82, 2.24) is 9.88 Å². The highest BCUT2D eigenvalue weighted by Crippen LogP contribution is 2.20. The lowest BCUT2D eigenvalue weighted by molar-refractivity contribution is -0.384. The first-order valence-corrected chi connectivity index (χ1v) is 8.86. The highest BCUT2D eigenvalue weighted by Gasteiger charge is 2.25. The van der Waals surface area contributed by atoms with Crippen LogP contribution in [0.2, 0.25) is 0 Å². The Morgan fingerprint density at radius 3 is 2.71 bits per heavy atom. The summed E-state index contributed by atoms with van der Waals surface area (Å²) in [6.45, 7) is 1.06. The van der Waals surface area contributed by atoms with Gasteiger partial charge >= 0.3 is 0 Å². The lowest BCUT2D eigenvalue weighted by Gasteiger charge is -2.33. The molecule has 3 rings (SSSR count). The zero-order valence-corrected chi connectivity index (χ0v) is 15.1.